The summed E-state index contributed by atoms with van der Waals surface area (Å²) in [6, 6.07) is 9.68. The maximum atomic E-state index is 13.2. The van der Waals surface area contributed by atoms with Crippen LogP contribution in [0.5, 0.6) is 11.5 Å². The molecule has 5 amide bonds. The van der Waals surface area contributed by atoms with Crippen LogP contribution in [0.15, 0.2) is 46.4 Å². The highest BCUT2D eigenvalue weighted by atomic mass is 79.9. The normalized spacial score (nSPS) is 17.5. The molecule has 1 heterocycles. The molecule has 0 bridgehead atoms. The number of rotatable bonds is 7. The van der Waals surface area contributed by atoms with Crippen LogP contribution in [-0.2, 0) is 14.4 Å². The van der Waals surface area contributed by atoms with Gasteiger partial charge >= 0.3 is 6.03 Å². The number of hydrogen-bond donors (Lipinski definition) is 2. The van der Waals surface area contributed by atoms with Gasteiger partial charge in [0.15, 0.2) is 18.1 Å². The molecule has 1 aliphatic carbocycles. The van der Waals surface area contributed by atoms with Crippen molar-refractivity contribution in [2.45, 2.75) is 45.1 Å². The molecule has 4 rings (SSSR count). The molecule has 0 unspecified atom stereocenters. The molecular formula is C27H28BrN3O6. The smallest absolute Gasteiger partial charge is 0.331 e. The van der Waals surface area contributed by atoms with Gasteiger partial charge in [-0.1, -0.05) is 52.9 Å². The topological polar surface area (TPSA) is 114 Å². The number of urea groups is 1. The van der Waals surface area contributed by atoms with E-state index in [1.54, 1.807) is 24.3 Å². The summed E-state index contributed by atoms with van der Waals surface area (Å²) in [7, 11) is 1.45. The molecule has 1 saturated carbocycles. The summed E-state index contributed by atoms with van der Waals surface area (Å²) >= 11 is 3.44. The zero-order valence-electron chi connectivity index (χ0n) is 20.6. The molecule has 2 N–H and O–H groups in total. The number of anilines is 1. The Morgan fingerprint density at radius 3 is 2.49 bits per heavy atom. The number of amides is 5. The first kappa shape index (κ1) is 26.4. The van der Waals surface area contributed by atoms with Crippen LogP contribution >= 0.6 is 15.9 Å². The minimum absolute atomic E-state index is 0.140. The molecule has 10 heteroatoms. The molecule has 2 aromatic carbocycles. The van der Waals surface area contributed by atoms with Crippen molar-refractivity contribution < 1.29 is 28.7 Å². The lowest BCUT2D eigenvalue weighted by Gasteiger charge is -2.35. The second-order valence-electron chi connectivity index (χ2n) is 9.01. The summed E-state index contributed by atoms with van der Waals surface area (Å²) in [6.45, 7) is 1.71. The van der Waals surface area contributed by atoms with Gasteiger partial charge < -0.3 is 14.8 Å². The molecule has 0 aromatic heterocycles. The van der Waals surface area contributed by atoms with Crippen molar-refractivity contribution in [2.75, 3.05) is 19.0 Å². The summed E-state index contributed by atoms with van der Waals surface area (Å²) in [4.78, 5) is 51.7. The average Bonchev–Trinajstić information content (AvgIpc) is 2.88. The molecule has 9 nitrogen and oxygen atoms in total. The van der Waals surface area contributed by atoms with Crippen molar-refractivity contribution in [3.05, 3.63) is 57.6 Å². The highest BCUT2D eigenvalue weighted by Crippen LogP contribution is 2.35. The molecule has 2 aliphatic rings. The lowest BCUT2D eigenvalue weighted by molar-refractivity contribution is -0.132. The van der Waals surface area contributed by atoms with Crippen LogP contribution in [0, 0.1) is 6.92 Å². The van der Waals surface area contributed by atoms with Gasteiger partial charge in [0, 0.05) is 16.2 Å². The van der Waals surface area contributed by atoms with E-state index in [4.69, 9.17) is 9.47 Å². The molecule has 0 radical (unpaired) electrons. The minimum Gasteiger partial charge on any atom is -0.493 e. The van der Waals surface area contributed by atoms with Crippen molar-refractivity contribution >= 4 is 51.4 Å². The van der Waals surface area contributed by atoms with Gasteiger partial charge in [-0.2, -0.15) is 0 Å². The lowest BCUT2D eigenvalue weighted by Crippen LogP contribution is -2.58. The fraction of sp³-hybridized carbons (Fsp3) is 0.333. The Morgan fingerprint density at radius 1 is 1.11 bits per heavy atom. The minimum atomic E-state index is -0.749. The fourth-order valence-electron chi connectivity index (χ4n) is 4.41. The molecule has 2 aromatic rings. The Balaban J connectivity index is 1.51. The van der Waals surface area contributed by atoms with Gasteiger partial charge in [-0.05, 0) is 55.7 Å². The van der Waals surface area contributed by atoms with Crippen LogP contribution in [0.4, 0.5) is 10.5 Å². The quantitative estimate of drug-likeness (QED) is 0.372. The van der Waals surface area contributed by atoms with Crippen molar-refractivity contribution in [3.8, 4) is 11.5 Å². The highest BCUT2D eigenvalue weighted by molar-refractivity contribution is 9.10. The number of methoxy groups -OCH3 is 1. The van der Waals surface area contributed by atoms with Crippen LogP contribution in [0.1, 0.15) is 43.2 Å². The van der Waals surface area contributed by atoms with E-state index in [9.17, 15) is 19.2 Å². The van der Waals surface area contributed by atoms with Gasteiger partial charge in [0.2, 0.25) is 0 Å². The van der Waals surface area contributed by atoms with Crippen molar-refractivity contribution in [3.63, 3.8) is 0 Å². The number of hydrogen-bond acceptors (Lipinski definition) is 6. The van der Waals surface area contributed by atoms with E-state index in [0.717, 1.165) is 37.7 Å². The number of nitrogens with zero attached hydrogens (tertiary/aromatic N) is 1. The number of benzene rings is 2. The predicted octanol–water partition coefficient (Wildman–Crippen LogP) is 4.58. The van der Waals surface area contributed by atoms with Crippen molar-refractivity contribution in [1.82, 2.24) is 10.2 Å². The molecule has 1 saturated heterocycles. The fourth-order valence-corrected chi connectivity index (χ4v) is 4.85. The summed E-state index contributed by atoms with van der Waals surface area (Å²) in [5.41, 5.74) is 2.08. The number of barbiturate groups is 1. The molecule has 0 spiro atoms. The van der Waals surface area contributed by atoms with Gasteiger partial charge in [-0.3, -0.25) is 24.6 Å². The Morgan fingerprint density at radius 2 is 1.81 bits per heavy atom. The van der Waals surface area contributed by atoms with Gasteiger partial charge in [0.05, 0.1) is 7.11 Å². The Kier molecular flexibility index (Phi) is 8.27. The molecule has 37 heavy (non-hydrogen) atoms. The summed E-state index contributed by atoms with van der Waals surface area (Å²) in [6.07, 6.45) is 5.80. The first-order valence-electron chi connectivity index (χ1n) is 12.0. The van der Waals surface area contributed by atoms with Crippen molar-refractivity contribution in [2.24, 2.45) is 0 Å². The van der Waals surface area contributed by atoms with E-state index >= 15 is 0 Å². The van der Waals surface area contributed by atoms with E-state index in [1.165, 1.54) is 18.1 Å². The van der Waals surface area contributed by atoms with E-state index in [1.807, 2.05) is 19.1 Å². The highest BCUT2D eigenvalue weighted by Gasteiger charge is 2.40. The number of imide groups is 2. The number of nitrogens with one attached hydrogen (secondary N) is 2. The van der Waals surface area contributed by atoms with Crippen LogP contribution in [0.3, 0.4) is 0 Å². The van der Waals surface area contributed by atoms with E-state index < -0.39 is 17.8 Å². The van der Waals surface area contributed by atoms with Gasteiger partial charge in [0.1, 0.15) is 5.57 Å². The van der Waals surface area contributed by atoms with Gasteiger partial charge in [-0.25, -0.2) is 4.79 Å². The SMILES string of the molecule is COc1cc(C=C2C(=O)NC(=O)N(C3CCCCC3)C2=O)c(Br)cc1OCC(=O)Nc1ccc(C)cc1. The third-order valence-corrected chi connectivity index (χ3v) is 7.04. The largest absolute Gasteiger partial charge is 0.493 e. The van der Waals surface area contributed by atoms with Crippen LogP contribution in [0.2, 0.25) is 0 Å². The van der Waals surface area contributed by atoms with E-state index in [2.05, 4.69) is 26.6 Å². The third kappa shape index (κ3) is 6.19. The van der Waals surface area contributed by atoms with Crippen molar-refractivity contribution in [1.29, 1.82) is 0 Å². The van der Waals surface area contributed by atoms with Crippen LogP contribution in [0.25, 0.3) is 6.08 Å². The van der Waals surface area contributed by atoms with E-state index in [0.29, 0.717) is 27.2 Å². The first-order valence-corrected chi connectivity index (χ1v) is 12.8. The second kappa shape index (κ2) is 11.6. The standard InChI is InChI=1S/C27H28BrN3O6/c1-16-8-10-18(11-9-16)29-24(32)15-37-23-14-21(28)17(13-22(23)36-2)12-20-25(33)30-27(35)31(26(20)34)19-6-4-3-5-7-19/h8-14,19H,3-7,15H2,1-2H3,(H,29,32)(H,30,33,35). The lowest BCUT2D eigenvalue weighted by atomic mass is 9.93. The Labute approximate surface area is 223 Å². The number of ether oxygens (including phenoxy) is 2. The molecule has 2 fully saturated rings. The molecule has 1 aliphatic heterocycles. The number of aryl methyl sites for hydroxylation is 1. The number of carbonyl (C=O) groups is 4. The second-order valence-corrected chi connectivity index (χ2v) is 9.87. The summed E-state index contributed by atoms with van der Waals surface area (Å²) in [5.74, 6) is -1.10. The first-order chi connectivity index (χ1) is 17.8. The van der Waals surface area contributed by atoms with Gasteiger partial charge in [-0.15, -0.1) is 0 Å². The summed E-state index contributed by atoms with van der Waals surface area (Å²) in [5, 5.41) is 5.05. The van der Waals surface area contributed by atoms with Crippen LogP contribution in [-0.4, -0.2) is 48.4 Å². The maximum Gasteiger partial charge on any atom is 0.331 e. The maximum absolute atomic E-state index is 13.2. The van der Waals surface area contributed by atoms with Crippen LogP contribution < -0.4 is 20.1 Å². The number of halogens is 1. The zero-order chi connectivity index (χ0) is 26.5. The average molecular weight is 570 g/mol. The Hall–Kier alpha value is -3.66. The molecular weight excluding hydrogens is 542 g/mol. The van der Waals surface area contributed by atoms with E-state index in [-0.39, 0.29) is 24.1 Å². The molecule has 194 valence electrons. The molecule has 0 atom stereocenters. The third-order valence-electron chi connectivity index (χ3n) is 6.35. The van der Waals surface area contributed by atoms with Gasteiger partial charge in [0.25, 0.3) is 17.7 Å². The summed E-state index contributed by atoms with van der Waals surface area (Å²) < 4.78 is 11.6. The number of carbonyl (C=O) groups excluding carboxylic acids is 4. The Bertz CT molecular complexity index is 1250. The monoisotopic (exact) mass is 569 g/mol. The predicted molar refractivity (Wildman–Crippen MR) is 141 cm³/mol. The zero-order valence-corrected chi connectivity index (χ0v) is 22.2.